The van der Waals surface area contributed by atoms with E-state index in [4.69, 9.17) is 4.74 Å². The lowest BCUT2D eigenvalue weighted by Gasteiger charge is -2.19. The first-order valence-electron chi connectivity index (χ1n) is 9.50. The minimum atomic E-state index is 0.874. The minimum absolute atomic E-state index is 0.874. The summed E-state index contributed by atoms with van der Waals surface area (Å²) < 4.78 is 5.57. The molecule has 0 aliphatic carbocycles. The van der Waals surface area contributed by atoms with E-state index in [2.05, 4.69) is 97.1 Å². The molecule has 28 heavy (non-hydrogen) atoms. The zero-order chi connectivity index (χ0) is 18.9. The van der Waals surface area contributed by atoms with Crippen LogP contribution in [0.4, 0.5) is 0 Å². The molecule has 5 aromatic carbocycles. The molecule has 0 unspecified atom stereocenters. The third kappa shape index (κ3) is 2.64. The van der Waals surface area contributed by atoms with Gasteiger partial charge in [-0.2, -0.15) is 0 Å². The summed E-state index contributed by atoms with van der Waals surface area (Å²) in [7, 11) is 1.72. The van der Waals surface area contributed by atoms with E-state index in [0.717, 1.165) is 5.75 Å². The second-order valence-corrected chi connectivity index (χ2v) is 6.94. The summed E-state index contributed by atoms with van der Waals surface area (Å²) in [5, 5.41) is 4.99. The Labute approximate surface area is 164 Å². The average molecular weight is 360 g/mol. The monoisotopic (exact) mass is 360 g/mol. The lowest BCUT2D eigenvalue weighted by atomic mass is 9.85. The van der Waals surface area contributed by atoms with E-state index in [0.29, 0.717) is 0 Å². The number of ether oxygens (including phenoxy) is 1. The molecule has 134 valence electrons. The molecule has 0 radical (unpaired) electrons. The number of benzene rings is 5. The lowest BCUT2D eigenvalue weighted by Crippen LogP contribution is -1.92. The Hall–Kier alpha value is -3.58. The topological polar surface area (TPSA) is 9.23 Å². The van der Waals surface area contributed by atoms with Gasteiger partial charge in [-0.1, -0.05) is 91.0 Å². The summed E-state index contributed by atoms with van der Waals surface area (Å²) >= 11 is 0. The molecule has 0 amide bonds. The van der Waals surface area contributed by atoms with Crippen LogP contribution >= 0.6 is 0 Å². The van der Waals surface area contributed by atoms with Gasteiger partial charge in [0.2, 0.25) is 0 Å². The highest BCUT2D eigenvalue weighted by Gasteiger charge is 2.17. The van der Waals surface area contributed by atoms with Gasteiger partial charge in [0.25, 0.3) is 0 Å². The summed E-state index contributed by atoms with van der Waals surface area (Å²) in [6.07, 6.45) is 0. The van der Waals surface area contributed by atoms with E-state index >= 15 is 0 Å². The molecule has 0 atom stereocenters. The van der Waals surface area contributed by atoms with Gasteiger partial charge in [-0.05, 0) is 55.9 Å². The summed E-state index contributed by atoms with van der Waals surface area (Å²) in [5.74, 6) is 0.874. The lowest BCUT2D eigenvalue weighted by molar-refractivity contribution is 0.415. The average Bonchev–Trinajstić information content (AvgIpc) is 2.79. The van der Waals surface area contributed by atoms with Gasteiger partial charge in [0.15, 0.2) is 0 Å². The molecule has 1 nitrogen and oxygen atoms in total. The minimum Gasteiger partial charge on any atom is -0.497 e. The van der Waals surface area contributed by atoms with Gasteiger partial charge < -0.3 is 4.74 Å². The van der Waals surface area contributed by atoms with E-state index < -0.39 is 0 Å². The Bertz CT molecular complexity index is 1270. The molecule has 0 spiro atoms. The quantitative estimate of drug-likeness (QED) is 0.306. The molecule has 0 saturated carbocycles. The number of hydrogen-bond acceptors (Lipinski definition) is 1. The number of rotatable bonds is 3. The van der Waals surface area contributed by atoms with Crippen molar-refractivity contribution in [2.24, 2.45) is 0 Å². The third-order valence-corrected chi connectivity index (χ3v) is 5.36. The van der Waals surface area contributed by atoms with Crippen molar-refractivity contribution >= 4 is 21.5 Å². The van der Waals surface area contributed by atoms with Crippen LogP contribution in [-0.4, -0.2) is 7.11 Å². The van der Waals surface area contributed by atoms with Crippen LogP contribution in [0.5, 0.6) is 5.75 Å². The van der Waals surface area contributed by atoms with Gasteiger partial charge in [-0.25, -0.2) is 0 Å². The highest BCUT2D eigenvalue weighted by molar-refractivity contribution is 6.21. The maximum atomic E-state index is 5.57. The predicted octanol–water partition coefficient (Wildman–Crippen LogP) is 7.34. The first kappa shape index (κ1) is 16.6. The summed E-state index contributed by atoms with van der Waals surface area (Å²) in [6.45, 7) is 0. The van der Waals surface area contributed by atoms with Crippen LogP contribution in [0.3, 0.4) is 0 Å². The first-order valence-corrected chi connectivity index (χ1v) is 9.50. The Morgan fingerprint density at radius 2 is 0.964 bits per heavy atom. The SMILES string of the molecule is COc1ccc2c(c1)c(-c1ccccc1)c(-c1ccccc1)c1ccccc12. The smallest absolute Gasteiger partial charge is 0.119 e. The molecule has 5 aromatic rings. The van der Waals surface area contributed by atoms with Gasteiger partial charge in [-0.15, -0.1) is 0 Å². The maximum Gasteiger partial charge on any atom is 0.119 e. The molecular weight excluding hydrogens is 340 g/mol. The Morgan fingerprint density at radius 3 is 1.57 bits per heavy atom. The third-order valence-electron chi connectivity index (χ3n) is 5.36. The van der Waals surface area contributed by atoms with Crippen molar-refractivity contribution in [3.8, 4) is 28.0 Å². The van der Waals surface area contributed by atoms with E-state index in [1.165, 1.54) is 43.8 Å². The van der Waals surface area contributed by atoms with Crippen LogP contribution in [0.1, 0.15) is 0 Å². The fourth-order valence-electron chi connectivity index (χ4n) is 4.11. The summed E-state index contributed by atoms with van der Waals surface area (Å²) in [6, 6.07) is 36.4. The Balaban J connectivity index is 2.05. The van der Waals surface area contributed by atoms with Crippen LogP contribution in [0.25, 0.3) is 43.8 Å². The second kappa shape index (κ2) is 6.86. The van der Waals surface area contributed by atoms with Crippen molar-refractivity contribution in [1.82, 2.24) is 0 Å². The van der Waals surface area contributed by atoms with Gasteiger partial charge in [-0.3, -0.25) is 0 Å². The largest absolute Gasteiger partial charge is 0.497 e. The highest BCUT2D eigenvalue weighted by atomic mass is 16.5. The fraction of sp³-hybridized carbons (Fsp3) is 0.0370. The molecule has 0 heterocycles. The molecule has 5 rings (SSSR count). The maximum absolute atomic E-state index is 5.57. The molecule has 0 N–H and O–H groups in total. The van der Waals surface area contributed by atoms with E-state index in [9.17, 15) is 0 Å². The van der Waals surface area contributed by atoms with Crippen LogP contribution in [0.15, 0.2) is 103 Å². The molecule has 1 heteroatoms. The zero-order valence-corrected chi connectivity index (χ0v) is 15.7. The van der Waals surface area contributed by atoms with Gasteiger partial charge >= 0.3 is 0 Å². The summed E-state index contributed by atoms with van der Waals surface area (Å²) in [5.41, 5.74) is 4.95. The Kier molecular flexibility index (Phi) is 4.06. The molecular formula is C27H20O. The molecule has 0 aromatic heterocycles. The van der Waals surface area contributed by atoms with Crippen LogP contribution < -0.4 is 4.74 Å². The van der Waals surface area contributed by atoms with Gasteiger partial charge in [0, 0.05) is 0 Å². The van der Waals surface area contributed by atoms with E-state index in [1.807, 2.05) is 6.07 Å². The number of fused-ring (bicyclic) bond motifs is 3. The fourth-order valence-corrected chi connectivity index (χ4v) is 4.11. The van der Waals surface area contributed by atoms with Crippen LogP contribution in [0.2, 0.25) is 0 Å². The first-order chi connectivity index (χ1) is 13.9. The van der Waals surface area contributed by atoms with Crippen molar-refractivity contribution in [3.63, 3.8) is 0 Å². The highest BCUT2D eigenvalue weighted by Crippen LogP contribution is 2.45. The molecule has 0 aliphatic heterocycles. The van der Waals surface area contributed by atoms with Crippen LogP contribution in [0, 0.1) is 0 Å². The van der Waals surface area contributed by atoms with Crippen molar-refractivity contribution < 1.29 is 4.74 Å². The Morgan fingerprint density at radius 1 is 0.464 bits per heavy atom. The van der Waals surface area contributed by atoms with E-state index in [-0.39, 0.29) is 0 Å². The normalized spacial score (nSPS) is 11.0. The number of methoxy groups -OCH3 is 1. The van der Waals surface area contributed by atoms with Crippen LogP contribution in [-0.2, 0) is 0 Å². The number of hydrogen-bond donors (Lipinski definition) is 0. The van der Waals surface area contributed by atoms with Crippen molar-refractivity contribution in [2.75, 3.05) is 7.11 Å². The van der Waals surface area contributed by atoms with Gasteiger partial charge in [0.1, 0.15) is 5.75 Å². The zero-order valence-electron chi connectivity index (χ0n) is 15.7. The van der Waals surface area contributed by atoms with E-state index in [1.54, 1.807) is 7.11 Å². The molecule has 0 bridgehead atoms. The molecule has 0 fully saturated rings. The van der Waals surface area contributed by atoms with Crippen molar-refractivity contribution in [1.29, 1.82) is 0 Å². The summed E-state index contributed by atoms with van der Waals surface area (Å²) in [4.78, 5) is 0. The molecule has 0 saturated heterocycles. The second-order valence-electron chi connectivity index (χ2n) is 6.94. The van der Waals surface area contributed by atoms with Gasteiger partial charge in [0.05, 0.1) is 7.11 Å². The van der Waals surface area contributed by atoms with Crippen molar-refractivity contribution in [3.05, 3.63) is 103 Å². The molecule has 0 aliphatic rings. The van der Waals surface area contributed by atoms with Crippen molar-refractivity contribution in [2.45, 2.75) is 0 Å². The standard InChI is InChI=1S/C27H20O/c1-28-21-16-17-23-22-14-8-9-15-24(22)26(19-10-4-2-5-11-19)27(25(23)18-21)20-12-6-3-7-13-20/h2-18H,1H3. The predicted molar refractivity (Wildman–Crippen MR) is 119 cm³/mol.